The second kappa shape index (κ2) is 7.41. The van der Waals surface area contributed by atoms with E-state index in [4.69, 9.17) is 5.73 Å². The number of hydrogen-bond acceptors (Lipinski definition) is 5. The van der Waals surface area contributed by atoms with E-state index < -0.39 is 0 Å². The maximum absolute atomic E-state index is 12.3. The highest BCUT2D eigenvalue weighted by atomic mass is 32.1. The Morgan fingerprint density at radius 2 is 2.33 bits per heavy atom. The second-order valence-electron chi connectivity index (χ2n) is 5.41. The van der Waals surface area contributed by atoms with Crippen molar-refractivity contribution in [1.82, 2.24) is 10.3 Å². The highest BCUT2D eigenvalue weighted by Gasteiger charge is 2.19. The molecule has 3 amide bonds. The van der Waals surface area contributed by atoms with E-state index in [0.29, 0.717) is 37.4 Å². The first-order valence-corrected chi connectivity index (χ1v) is 8.66. The van der Waals surface area contributed by atoms with Crippen molar-refractivity contribution in [3.05, 3.63) is 40.3 Å². The first-order chi connectivity index (χ1) is 11.7. The van der Waals surface area contributed by atoms with Crippen molar-refractivity contribution in [2.24, 2.45) is 5.73 Å². The molecule has 1 saturated heterocycles. The molecule has 0 spiro atoms. The van der Waals surface area contributed by atoms with Gasteiger partial charge in [0.05, 0.1) is 5.01 Å². The van der Waals surface area contributed by atoms with Gasteiger partial charge < -0.3 is 16.4 Å². The molecule has 7 nitrogen and oxygen atoms in total. The number of carbonyl (C=O) groups excluding carboxylic acids is 2. The Morgan fingerprint density at radius 1 is 1.46 bits per heavy atom. The third-order valence-electron chi connectivity index (χ3n) is 3.64. The Hall–Kier alpha value is -2.45. The first-order valence-electron chi connectivity index (χ1n) is 7.78. The van der Waals surface area contributed by atoms with E-state index in [0.717, 1.165) is 17.1 Å². The fourth-order valence-electron chi connectivity index (χ4n) is 2.48. The van der Waals surface area contributed by atoms with Gasteiger partial charge in [0.1, 0.15) is 5.69 Å². The summed E-state index contributed by atoms with van der Waals surface area (Å²) in [6.07, 6.45) is 1.56. The predicted molar refractivity (Wildman–Crippen MR) is 94.6 cm³/mol. The highest BCUT2D eigenvalue weighted by molar-refractivity contribution is 7.09. The fraction of sp³-hybridized carbons (Fsp3) is 0.312. The van der Waals surface area contributed by atoms with Crippen LogP contribution in [0.25, 0.3) is 0 Å². The molecular formula is C16H19N5O2S. The zero-order chi connectivity index (χ0) is 16.9. The molecule has 1 aliphatic heterocycles. The van der Waals surface area contributed by atoms with Crippen molar-refractivity contribution in [3.63, 3.8) is 0 Å². The Kier molecular flexibility index (Phi) is 5.07. The fourth-order valence-corrected chi connectivity index (χ4v) is 3.27. The molecule has 0 bridgehead atoms. The lowest BCUT2D eigenvalue weighted by Gasteiger charge is -2.27. The van der Waals surface area contributed by atoms with Gasteiger partial charge in [-0.25, -0.2) is 9.78 Å². The predicted octanol–water partition coefficient (Wildman–Crippen LogP) is 1.82. The molecule has 2 aromatic rings. The number of hydrogen-bond donors (Lipinski definition) is 3. The zero-order valence-corrected chi connectivity index (χ0v) is 13.9. The van der Waals surface area contributed by atoms with Gasteiger partial charge in [-0.2, -0.15) is 0 Å². The molecule has 0 atom stereocenters. The van der Waals surface area contributed by atoms with Crippen molar-refractivity contribution in [2.75, 3.05) is 29.9 Å². The van der Waals surface area contributed by atoms with E-state index in [2.05, 4.69) is 15.6 Å². The average Bonchev–Trinajstić information content (AvgIpc) is 3.05. The average molecular weight is 345 g/mol. The van der Waals surface area contributed by atoms with Crippen molar-refractivity contribution in [2.45, 2.75) is 12.8 Å². The zero-order valence-electron chi connectivity index (χ0n) is 13.1. The van der Waals surface area contributed by atoms with Crippen LogP contribution in [0.1, 0.15) is 21.9 Å². The summed E-state index contributed by atoms with van der Waals surface area (Å²) in [6, 6.07) is 7.12. The maximum atomic E-state index is 12.3. The van der Waals surface area contributed by atoms with Gasteiger partial charge in [-0.1, -0.05) is 6.07 Å². The van der Waals surface area contributed by atoms with Crippen molar-refractivity contribution < 1.29 is 9.59 Å². The van der Waals surface area contributed by atoms with Gasteiger partial charge in [0.25, 0.3) is 5.91 Å². The van der Waals surface area contributed by atoms with E-state index in [1.54, 1.807) is 22.4 Å². The smallest absolute Gasteiger partial charge is 0.321 e. The number of carbonyl (C=O) groups is 2. The lowest BCUT2D eigenvalue weighted by atomic mass is 10.2. The molecule has 2 heterocycles. The van der Waals surface area contributed by atoms with Crippen molar-refractivity contribution in [3.8, 4) is 0 Å². The van der Waals surface area contributed by atoms with Gasteiger partial charge in [0, 0.05) is 36.3 Å². The second-order valence-corrected chi connectivity index (χ2v) is 6.35. The Labute approximate surface area is 143 Å². The van der Waals surface area contributed by atoms with E-state index in [9.17, 15) is 9.59 Å². The summed E-state index contributed by atoms with van der Waals surface area (Å²) in [4.78, 5) is 30.2. The minimum atomic E-state index is -0.269. The highest BCUT2D eigenvalue weighted by Crippen LogP contribution is 2.22. The first kappa shape index (κ1) is 16.4. The van der Waals surface area contributed by atoms with Crippen LogP contribution >= 0.6 is 11.3 Å². The number of aromatic nitrogens is 1. The third-order valence-corrected chi connectivity index (χ3v) is 4.55. The van der Waals surface area contributed by atoms with E-state index in [1.165, 1.54) is 11.3 Å². The van der Waals surface area contributed by atoms with Gasteiger partial charge in [0.2, 0.25) is 0 Å². The Bertz CT molecular complexity index is 746. The molecule has 1 aliphatic rings. The van der Waals surface area contributed by atoms with Crippen LogP contribution in [-0.2, 0) is 6.42 Å². The van der Waals surface area contributed by atoms with E-state index in [1.807, 2.05) is 12.1 Å². The van der Waals surface area contributed by atoms with Crippen LogP contribution in [0.15, 0.2) is 29.6 Å². The number of rotatable bonds is 5. The molecule has 0 saturated carbocycles. The number of nitrogens with one attached hydrogen (secondary N) is 2. The molecule has 8 heteroatoms. The van der Waals surface area contributed by atoms with Gasteiger partial charge in [-0.05, 0) is 31.2 Å². The van der Waals surface area contributed by atoms with Crippen LogP contribution in [-0.4, -0.2) is 36.6 Å². The number of benzene rings is 1. The van der Waals surface area contributed by atoms with Crippen LogP contribution in [0.3, 0.4) is 0 Å². The molecule has 1 fully saturated rings. The van der Waals surface area contributed by atoms with Gasteiger partial charge in [0.15, 0.2) is 0 Å². The van der Waals surface area contributed by atoms with E-state index in [-0.39, 0.29) is 11.9 Å². The SMILES string of the molecule is NCCc1nc(C(=O)Nc2cccc(N3CCCNC3=O)c2)cs1. The molecular weight excluding hydrogens is 326 g/mol. The number of urea groups is 1. The number of nitrogens with two attached hydrogens (primary N) is 1. The summed E-state index contributed by atoms with van der Waals surface area (Å²) < 4.78 is 0. The number of anilines is 2. The van der Waals surface area contributed by atoms with Crippen LogP contribution in [0, 0.1) is 0 Å². The summed E-state index contributed by atoms with van der Waals surface area (Å²) in [5.74, 6) is -0.269. The molecule has 0 aliphatic carbocycles. The standard InChI is InChI=1S/C16H19N5O2S/c17-6-5-14-20-13(10-24-14)15(22)19-11-3-1-4-12(9-11)21-8-2-7-18-16(21)23/h1,3-4,9-10H,2,5-8,17H2,(H,18,23)(H,19,22). The van der Waals surface area contributed by atoms with Gasteiger partial charge >= 0.3 is 6.03 Å². The largest absolute Gasteiger partial charge is 0.338 e. The lowest BCUT2D eigenvalue weighted by molar-refractivity contribution is 0.102. The monoisotopic (exact) mass is 345 g/mol. The van der Waals surface area contributed by atoms with Crippen molar-refractivity contribution in [1.29, 1.82) is 0 Å². The number of nitrogens with zero attached hydrogens (tertiary/aromatic N) is 2. The summed E-state index contributed by atoms with van der Waals surface area (Å²) in [5, 5.41) is 8.21. The molecule has 126 valence electrons. The Balaban J connectivity index is 1.71. The quantitative estimate of drug-likeness (QED) is 0.769. The van der Waals surface area contributed by atoms with Gasteiger partial charge in [-0.15, -0.1) is 11.3 Å². The minimum Gasteiger partial charge on any atom is -0.338 e. The summed E-state index contributed by atoms with van der Waals surface area (Å²) in [5.41, 5.74) is 7.26. The topological polar surface area (TPSA) is 100 Å². The third kappa shape index (κ3) is 3.72. The summed E-state index contributed by atoms with van der Waals surface area (Å²) in [6.45, 7) is 1.87. The molecule has 0 unspecified atom stereocenters. The molecule has 1 aromatic heterocycles. The van der Waals surface area contributed by atoms with Crippen LogP contribution < -0.4 is 21.3 Å². The normalized spacial score (nSPS) is 14.4. The molecule has 1 aromatic carbocycles. The maximum Gasteiger partial charge on any atom is 0.321 e. The van der Waals surface area contributed by atoms with E-state index >= 15 is 0 Å². The lowest BCUT2D eigenvalue weighted by Crippen LogP contribution is -2.46. The van der Waals surface area contributed by atoms with Crippen LogP contribution in [0.5, 0.6) is 0 Å². The minimum absolute atomic E-state index is 0.115. The molecule has 3 rings (SSSR count). The van der Waals surface area contributed by atoms with Crippen LogP contribution in [0.4, 0.5) is 16.2 Å². The summed E-state index contributed by atoms with van der Waals surface area (Å²) in [7, 11) is 0. The molecule has 4 N–H and O–H groups in total. The van der Waals surface area contributed by atoms with Gasteiger partial charge in [-0.3, -0.25) is 9.69 Å². The van der Waals surface area contributed by atoms with Crippen LogP contribution in [0.2, 0.25) is 0 Å². The number of thiazole rings is 1. The summed E-state index contributed by atoms with van der Waals surface area (Å²) >= 11 is 1.43. The molecule has 24 heavy (non-hydrogen) atoms. The number of amides is 3. The molecule has 0 radical (unpaired) electrons. The Morgan fingerprint density at radius 3 is 3.12 bits per heavy atom. The van der Waals surface area contributed by atoms with Crippen molar-refractivity contribution >= 4 is 34.6 Å².